The Morgan fingerprint density at radius 2 is 1.08 bits per heavy atom. The van der Waals surface area contributed by atoms with Crippen LogP contribution in [0.15, 0.2) is 70.9 Å². The van der Waals surface area contributed by atoms with Gasteiger partial charge in [0.05, 0.1) is 11.4 Å². The lowest BCUT2D eigenvalue weighted by molar-refractivity contribution is 0.407. The summed E-state index contributed by atoms with van der Waals surface area (Å²) in [6.45, 7) is 0. The highest BCUT2D eigenvalue weighted by Gasteiger charge is 2.34. The van der Waals surface area contributed by atoms with E-state index in [0.29, 0.717) is 11.8 Å². The van der Waals surface area contributed by atoms with E-state index in [1.54, 1.807) is 0 Å². The number of rotatable bonds is 4. The zero-order chi connectivity index (χ0) is 16.9. The summed E-state index contributed by atoms with van der Waals surface area (Å²) < 4.78 is 0. The Labute approximate surface area is 149 Å². The van der Waals surface area contributed by atoms with Crippen molar-refractivity contribution in [3.8, 4) is 0 Å². The zero-order valence-corrected chi connectivity index (χ0v) is 14.4. The van der Waals surface area contributed by atoms with Gasteiger partial charge in [0.25, 0.3) is 0 Å². The first-order chi connectivity index (χ1) is 12.4. The Morgan fingerprint density at radius 3 is 1.52 bits per heavy atom. The van der Waals surface area contributed by atoms with Gasteiger partial charge in [-0.1, -0.05) is 36.4 Å². The lowest BCUT2D eigenvalue weighted by Gasteiger charge is -2.36. The van der Waals surface area contributed by atoms with E-state index in [9.17, 15) is 0 Å². The van der Waals surface area contributed by atoms with E-state index in [1.807, 2.05) is 36.4 Å². The van der Waals surface area contributed by atoms with E-state index in [1.165, 1.54) is 17.8 Å². The van der Waals surface area contributed by atoms with Crippen molar-refractivity contribution in [2.75, 3.05) is 10.9 Å². The van der Waals surface area contributed by atoms with Crippen molar-refractivity contribution in [1.29, 1.82) is 0 Å². The molecule has 4 nitrogen and oxygen atoms in total. The highest BCUT2D eigenvalue weighted by atomic mass is 15.3. The summed E-state index contributed by atoms with van der Waals surface area (Å²) in [5, 5.41) is 9.41. The molecule has 4 rings (SSSR count). The number of hydrazone groups is 2. The summed E-state index contributed by atoms with van der Waals surface area (Å²) in [4.78, 5) is 0. The van der Waals surface area contributed by atoms with Crippen LogP contribution in [-0.4, -0.2) is 11.4 Å². The van der Waals surface area contributed by atoms with Crippen LogP contribution in [0.1, 0.15) is 32.1 Å². The van der Waals surface area contributed by atoms with Crippen molar-refractivity contribution in [3.05, 3.63) is 60.7 Å². The Hall–Kier alpha value is -2.62. The smallest absolute Gasteiger partial charge is 0.0561 e. The fourth-order valence-corrected chi connectivity index (χ4v) is 3.83. The molecule has 25 heavy (non-hydrogen) atoms. The number of anilines is 2. The predicted molar refractivity (Wildman–Crippen MR) is 105 cm³/mol. The highest BCUT2D eigenvalue weighted by molar-refractivity contribution is 5.95. The number of para-hydroxylation sites is 2. The van der Waals surface area contributed by atoms with Gasteiger partial charge in [-0.15, -0.1) is 0 Å². The van der Waals surface area contributed by atoms with Crippen LogP contribution in [0, 0.1) is 11.8 Å². The number of nitrogens with zero attached hydrogens (tertiary/aromatic N) is 2. The van der Waals surface area contributed by atoms with E-state index in [2.05, 4.69) is 35.1 Å². The lowest BCUT2D eigenvalue weighted by atomic mass is 9.70. The molecule has 4 heteroatoms. The molecule has 0 radical (unpaired) electrons. The monoisotopic (exact) mass is 332 g/mol. The van der Waals surface area contributed by atoms with E-state index < -0.39 is 0 Å². The Balaban J connectivity index is 1.38. The maximum atomic E-state index is 4.70. The molecule has 0 amide bonds. The first-order valence-corrected chi connectivity index (χ1v) is 9.13. The molecule has 2 N–H and O–H groups in total. The van der Waals surface area contributed by atoms with Crippen LogP contribution in [-0.2, 0) is 0 Å². The normalized spacial score (nSPS) is 25.8. The summed E-state index contributed by atoms with van der Waals surface area (Å²) in [6, 6.07) is 20.4. The fraction of sp³-hybridized carbons (Fsp3) is 0.333. The molecule has 0 saturated heterocycles. The third-order valence-electron chi connectivity index (χ3n) is 5.21. The van der Waals surface area contributed by atoms with Gasteiger partial charge in [-0.3, -0.25) is 10.9 Å². The topological polar surface area (TPSA) is 48.8 Å². The molecule has 2 aromatic carbocycles. The second-order valence-corrected chi connectivity index (χ2v) is 6.87. The molecule has 2 aliphatic rings. The lowest BCUT2D eigenvalue weighted by Crippen LogP contribution is -2.35. The molecule has 0 aromatic heterocycles. The summed E-state index contributed by atoms with van der Waals surface area (Å²) in [5.41, 5.74) is 11.2. The van der Waals surface area contributed by atoms with Crippen molar-refractivity contribution in [2.24, 2.45) is 22.0 Å². The first-order valence-electron chi connectivity index (χ1n) is 9.13. The van der Waals surface area contributed by atoms with Crippen LogP contribution in [0.25, 0.3) is 0 Å². The maximum absolute atomic E-state index is 4.70. The fourth-order valence-electron chi connectivity index (χ4n) is 3.83. The minimum absolute atomic E-state index is 0.602. The van der Waals surface area contributed by atoms with Gasteiger partial charge in [0, 0.05) is 23.3 Å². The van der Waals surface area contributed by atoms with Crippen molar-refractivity contribution in [1.82, 2.24) is 0 Å². The summed E-state index contributed by atoms with van der Waals surface area (Å²) in [5.74, 6) is 1.20. The molecule has 0 aliphatic heterocycles. The van der Waals surface area contributed by atoms with Crippen molar-refractivity contribution >= 4 is 22.8 Å². The van der Waals surface area contributed by atoms with Gasteiger partial charge in [-0.05, 0) is 56.4 Å². The van der Waals surface area contributed by atoms with Crippen molar-refractivity contribution in [2.45, 2.75) is 32.1 Å². The molecule has 2 fully saturated rings. The van der Waals surface area contributed by atoms with Gasteiger partial charge in [0.2, 0.25) is 0 Å². The number of benzene rings is 2. The molecule has 2 aliphatic carbocycles. The van der Waals surface area contributed by atoms with Crippen LogP contribution < -0.4 is 10.9 Å². The average molecular weight is 332 g/mol. The third kappa shape index (κ3) is 3.90. The summed E-state index contributed by atoms with van der Waals surface area (Å²) in [6.07, 6.45) is 5.63. The molecule has 0 heterocycles. The number of nitrogens with one attached hydrogen (secondary N) is 2. The quantitative estimate of drug-likeness (QED) is 0.762. The zero-order valence-electron chi connectivity index (χ0n) is 14.4. The Kier molecular flexibility index (Phi) is 4.77. The minimum atomic E-state index is 0.602. The SMILES string of the molecule is c1ccc(N/N=C2\CCC3CC2CC/C3=N\Nc2ccccc2)cc1. The molecule has 2 atom stereocenters. The van der Waals surface area contributed by atoms with E-state index in [4.69, 9.17) is 10.2 Å². The molecular weight excluding hydrogens is 308 g/mol. The van der Waals surface area contributed by atoms with E-state index in [-0.39, 0.29) is 0 Å². The number of fused-ring (bicyclic) bond motifs is 2. The first kappa shape index (κ1) is 15.9. The van der Waals surface area contributed by atoms with Crippen LogP contribution in [0.3, 0.4) is 0 Å². The standard InChI is InChI=1S/C21H24N4/c1-3-7-18(8-4-1)22-24-20-13-11-17-15-16(20)12-14-21(17)25-23-19-9-5-2-6-10-19/h1-10,16-17,22-23H,11-15H2/b24-20+,25-21+. The van der Waals surface area contributed by atoms with Gasteiger partial charge in [0.1, 0.15) is 0 Å². The molecule has 2 saturated carbocycles. The second kappa shape index (κ2) is 7.51. The van der Waals surface area contributed by atoms with Gasteiger partial charge in [0.15, 0.2) is 0 Å². The molecular formula is C21H24N4. The van der Waals surface area contributed by atoms with E-state index in [0.717, 1.165) is 37.1 Å². The summed E-state index contributed by atoms with van der Waals surface area (Å²) >= 11 is 0. The van der Waals surface area contributed by atoms with Crippen LogP contribution in [0.4, 0.5) is 11.4 Å². The minimum Gasteiger partial charge on any atom is -0.279 e. The van der Waals surface area contributed by atoms with Crippen molar-refractivity contribution in [3.63, 3.8) is 0 Å². The van der Waals surface area contributed by atoms with Gasteiger partial charge in [-0.25, -0.2) is 0 Å². The molecule has 0 spiro atoms. The molecule has 128 valence electrons. The third-order valence-corrected chi connectivity index (χ3v) is 5.21. The highest BCUT2D eigenvalue weighted by Crippen LogP contribution is 2.37. The Bertz CT molecular complexity index is 686. The van der Waals surface area contributed by atoms with Gasteiger partial charge >= 0.3 is 0 Å². The van der Waals surface area contributed by atoms with Crippen LogP contribution in [0.5, 0.6) is 0 Å². The molecule has 2 aromatic rings. The second-order valence-electron chi connectivity index (χ2n) is 6.87. The van der Waals surface area contributed by atoms with E-state index >= 15 is 0 Å². The Morgan fingerprint density at radius 1 is 0.640 bits per heavy atom. The largest absolute Gasteiger partial charge is 0.279 e. The van der Waals surface area contributed by atoms with Crippen LogP contribution >= 0.6 is 0 Å². The van der Waals surface area contributed by atoms with Gasteiger partial charge in [-0.2, -0.15) is 10.2 Å². The predicted octanol–water partition coefficient (Wildman–Crippen LogP) is 5.13. The maximum Gasteiger partial charge on any atom is 0.0561 e. The number of hydrogen-bond acceptors (Lipinski definition) is 4. The summed E-state index contributed by atoms with van der Waals surface area (Å²) in [7, 11) is 0. The van der Waals surface area contributed by atoms with Crippen molar-refractivity contribution < 1.29 is 0 Å². The van der Waals surface area contributed by atoms with Crippen LogP contribution in [0.2, 0.25) is 0 Å². The van der Waals surface area contributed by atoms with Gasteiger partial charge < -0.3 is 0 Å². The average Bonchev–Trinajstić information content (AvgIpc) is 2.68. The molecule has 2 bridgehead atoms. The number of hydrogen-bond donors (Lipinski definition) is 2. The molecule has 2 unspecified atom stereocenters.